The Morgan fingerprint density at radius 2 is 2.20 bits per heavy atom. The minimum Gasteiger partial charge on any atom is -0.383 e. The minimum absolute atomic E-state index is 0.564. The summed E-state index contributed by atoms with van der Waals surface area (Å²) in [4.78, 5) is 0. The van der Waals surface area contributed by atoms with E-state index in [0.29, 0.717) is 6.04 Å². The molecule has 0 aromatic rings. The zero-order valence-corrected chi connectivity index (χ0v) is 10.2. The molecular weight excluding hydrogens is 186 g/mol. The molecule has 2 fully saturated rings. The number of nitrogens with one attached hydrogen (secondary N) is 1. The Hall–Kier alpha value is -0.0800. The van der Waals surface area contributed by atoms with Crippen molar-refractivity contribution < 1.29 is 4.74 Å². The van der Waals surface area contributed by atoms with Crippen molar-refractivity contribution in [2.24, 2.45) is 17.8 Å². The van der Waals surface area contributed by atoms with Gasteiger partial charge in [0.2, 0.25) is 0 Å². The average Bonchev–Trinajstić information content (AvgIpc) is 2.85. The molecule has 2 rings (SSSR count). The first-order chi connectivity index (χ1) is 7.33. The van der Waals surface area contributed by atoms with Crippen molar-refractivity contribution in [3.8, 4) is 0 Å². The standard InChI is InChI=1S/C13H25NO/c1-14-13(9-15-2)6-5-12-8-10-3-4-11(12)7-10/h10-14H,3-9H2,1-2H3. The fourth-order valence-electron chi connectivity index (χ4n) is 3.66. The maximum atomic E-state index is 5.21. The maximum absolute atomic E-state index is 5.21. The molecule has 1 N–H and O–H groups in total. The molecule has 2 aliphatic carbocycles. The summed E-state index contributed by atoms with van der Waals surface area (Å²) in [6.07, 6.45) is 8.81. The van der Waals surface area contributed by atoms with Crippen LogP contribution in [-0.4, -0.2) is 26.8 Å². The highest BCUT2D eigenvalue weighted by molar-refractivity contribution is 4.90. The van der Waals surface area contributed by atoms with Crippen molar-refractivity contribution in [3.05, 3.63) is 0 Å². The van der Waals surface area contributed by atoms with E-state index in [9.17, 15) is 0 Å². The molecule has 0 amide bonds. The summed E-state index contributed by atoms with van der Waals surface area (Å²) in [6.45, 7) is 0.858. The number of hydrogen-bond donors (Lipinski definition) is 1. The molecule has 4 atom stereocenters. The van der Waals surface area contributed by atoms with Gasteiger partial charge in [0, 0.05) is 13.2 Å². The summed E-state index contributed by atoms with van der Waals surface area (Å²) >= 11 is 0. The van der Waals surface area contributed by atoms with Gasteiger partial charge < -0.3 is 10.1 Å². The van der Waals surface area contributed by atoms with Crippen LogP contribution < -0.4 is 5.32 Å². The molecule has 2 bridgehead atoms. The van der Waals surface area contributed by atoms with Crippen LogP contribution in [0.25, 0.3) is 0 Å². The second kappa shape index (κ2) is 5.31. The Bertz CT molecular complexity index is 195. The highest BCUT2D eigenvalue weighted by Crippen LogP contribution is 2.49. The van der Waals surface area contributed by atoms with Gasteiger partial charge in [-0.05, 0) is 56.9 Å². The molecule has 0 saturated heterocycles. The zero-order valence-electron chi connectivity index (χ0n) is 10.2. The molecule has 4 unspecified atom stereocenters. The molecule has 2 heteroatoms. The first-order valence-electron chi connectivity index (χ1n) is 6.49. The van der Waals surface area contributed by atoms with Gasteiger partial charge in [-0.25, -0.2) is 0 Å². The molecule has 0 aromatic heterocycles. The largest absolute Gasteiger partial charge is 0.383 e. The predicted molar refractivity (Wildman–Crippen MR) is 62.9 cm³/mol. The summed E-state index contributed by atoms with van der Waals surface area (Å²) in [5, 5.41) is 3.35. The molecular formula is C13H25NO. The van der Waals surface area contributed by atoms with E-state index in [1.54, 1.807) is 13.5 Å². The summed E-state index contributed by atoms with van der Waals surface area (Å²) in [6, 6.07) is 0.564. The van der Waals surface area contributed by atoms with E-state index < -0.39 is 0 Å². The lowest BCUT2D eigenvalue weighted by molar-refractivity contribution is 0.159. The Morgan fingerprint density at radius 1 is 1.33 bits per heavy atom. The van der Waals surface area contributed by atoms with Crippen molar-refractivity contribution in [2.75, 3.05) is 20.8 Å². The molecule has 2 nitrogen and oxygen atoms in total. The van der Waals surface area contributed by atoms with Crippen LogP contribution in [0, 0.1) is 17.8 Å². The van der Waals surface area contributed by atoms with Crippen LogP contribution in [0.1, 0.15) is 38.5 Å². The first-order valence-corrected chi connectivity index (χ1v) is 6.49. The number of fused-ring (bicyclic) bond motifs is 2. The lowest BCUT2D eigenvalue weighted by atomic mass is 9.85. The molecule has 88 valence electrons. The van der Waals surface area contributed by atoms with Gasteiger partial charge in [0.1, 0.15) is 0 Å². The number of methoxy groups -OCH3 is 1. The average molecular weight is 211 g/mol. The van der Waals surface area contributed by atoms with Crippen LogP contribution in [0.5, 0.6) is 0 Å². The Labute approximate surface area is 93.8 Å². The molecule has 0 heterocycles. The van der Waals surface area contributed by atoms with Crippen LogP contribution in [0.2, 0.25) is 0 Å². The fraction of sp³-hybridized carbons (Fsp3) is 1.00. The first kappa shape index (κ1) is 11.4. The lowest BCUT2D eigenvalue weighted by Crippen LogP contribution is -2.30. The van der Waals surface area contributed by atoms with Crippen molar-refractivity contribution in [2.45, 2.75) is 44.6 Å². The van der Waals surface area contributed by atoms with Crippen LogP contribution in [0.15, 0.2) is 0 Å². The number of ether oxygens (including phenoxy) is 1. The van der Waals surface area contributed by atoms with E-state index in [2.05, 4.69) is 5.32 Å². The Kier molecular flexibility index (Phi) is 4.04. The number of hydrogen-bond acceptors (Lipinski definition) is 2. The quantitative estimate of drug-likeness (QED) is 0.728. The maximum Gasteiger partial charge on any atom is 0.0615 e. The van der Waals surface area contributed by atoms with E-state index in [1.807, 2.05) is 7.05 Å². The van der Waals surface area contributed by atoms with Crippen LogP contribution in [0.4, 0.5) is 0 Å². The Balaban J connectivity index is 1.69. The van der Waals surface area contributed by atoms with E-state index >= 15 is 0 Å². The van der Waals surface area contributed by atoms with E-state index in [-0.39, 0.29) is 0 Å². The van der Waals surface area contributed by atoms with Crippen molar-refractivity contribution in [1.29, 1.82) is 0 Å². The highest BCUT2D eigenvalue weighted by atomic mass is 16.5. The van der Waals surface area contributed by atoms with Crippen LogP contribution in [-0.2, 0) is 4.74 Å². The van der Waals surface area contributed by atoms with Gasteiger partial charge in [0.15, 0.2) is 0 Å². The fourth-order valence-corrected chi connectivity index (χ4v) is 3.66. The van der Waals surface area contributed by atoms with Gasteiger partial charge in [-0.3, -0.25) is 0 Å². The van der Waals surface area contributed by atoms with Gasteiger partial charge >= 0.3 is 0 Å². The molecule has 0 aliphatic heterocycles. The number of likely N-dealkylation sites (N-methyl/N-ethyl adjacent to an activating group) is 1. The molecule has 2 aliphatic rings. The van der Waals surface area contributed by atoms with E-state index in [1.165, 1.54) is 32.1 Å². The molecule has 0 aromatic carbocycles. The molecule has 0 spiro atoms. The third-order valence-electron chi connectivity index (χ3n) is 4.55. The smallest absolute Gasteiger partial charge is 0.0615 e. The molecule has 0 radical (unpaired) electrons. The van der Waals surface area contributed by atoms with E-state index in [0.717, 1.165) is 24.4 Å². The monoisotopic (exact) mass is 211 g/mol. The highest BCUT2D eigenvalue weighted by Gasteiger charge is 2.38. The molecule has 15 heavy (non-hydrogen) atoms. The SMILES string of the molecule is CNC(CCC1CC2CCC1C2)COC. The van der Waals surface area contributed by atoms with Gasteiger partial charge in [-0.1, -0.05) is 6.42 Å². The van der Waals surface area contributed by atoms with Gasteiger partial charge in [-0.2, -0.15) is 0 Å². The summed E-state index contributed by atoms with van der Waals surface area (Å²) in [7, 11) is 3.84. The third-order valence-corrected chi connectivity index (χ3v) is 4.55. The predicted octanol–water partition coefficient (Wildman–Crippen LogP) is 2.44. The second-order valence-corrected chi connectivity index (χ2v) is 5.45. The number of rotatable bonds is 6. The van der Waals surface area contributed by atoms with Gasteiger partial charge in [-0.15, -0.1) is 0 Å². The summed E-state index contributed by atoms with van der Waals surface area (Å²) in [5.74, 6) is 3.21. The second-order valence-electron chi connectivity index (χ2n) is 5.45. The van der Waals surface area contributed by atoms with Crippen molar-refractivity contribution in [3.63, 3.8) is 0 Å². The third kappa shape index (κ3) is 2.73. The molecule has 2 saturated carbocycles. The van der Waals surface area contributed by atoms with E-state index in [4.69, 9.17) is 4.74 Å². The Morgan fingerprint density at radius 3 is 2.73 bits per heavy atom. The lowest BCUT2D eigenvalue weighted by Gasteiger charge is -2.24. The van der Waals surface area contributed by atoms with Crippen LogP contribution >= 0.6 is 0 Å². The van der Waals surface area contributed by atoms with Gasteiger partial charge in [0.25, 0.3) is 0 Å². The summed E-state index contributed by atoms with van der Waals surface area (Å²) < 4.78 is 5.21. The summed E-state index contributed by atoms with van der Waals surface area (Å²) in [5.41, 5.74) is 0. The normalized spacial score (nSPS) is 36.0. The van der Waals surface area contributed by atoms with Crippen LogP contribution in [0.3, 0.4) is 0 Å². The zero-order chi connectivity index (χ0) is 10.7. The topological polar surface area (TPSA) is 21.3 Å². The van der Waals surface area contributed by atoms with Gasteiger partial charge in [0.05, 0.1) is 6.61 Å². The minimum atomic E-state index is 0.564. The van der Waals surface area contributed by atoms with Crippen molar-refractivity contribution in [1.82, 2.24) is 5.32 Å². The van der Waals surface area contributed by atoms with Crippen molar-refractivity contribution >= 4 is 0 Å².